The molecule has 0 fully saturated rings. The first-order valence-electron chi connectivity index (χ1n) is 5.54. The van der Waals surface area contributed by atoms with Crippen LogP contribution in [-0.4, -0.2) is 4.98 Å². The molecule has 3 heteroatoms. The predicted molar refractivity (Wildman–Crippen MR) is 73.4 cm³/mol. The van der Waals surface area contributed by atoms with E-state index in [1.54, 1.807) is 6.20 Å². The number of benzene rings is 1. The van der Waals surface area contributed by atoms with Crippen LogP contribution in [0.2, 0.25) is 0 Å². The molecule has 2 aromatic heterocycles. The molecule has 0 aliphatic rings. The number of anilines is 1. The fourth-order valence-electron chi connectivity index (χ4n) is 1.77. The van der Waals surface area contributed by atoms with Crippen LogP contribution >= 0.6 is 11.3 Å². The highest BCUT2D eigenvalue weighted by Gasteiger charge is 2.00. The minimum absolute atomic E-state index is 0.830. The van der Waals surface area contributed by atoms with Gasteiger partial charge in [-0.15, -0.1) is 11.3 Å². The zero-order valence-corrected chi connectivity index (χ0v) is 10.1. The Morgan fingerprint density at radius 2 is 1.94 bits per heavy atom. The van der Waals surface area contributed by atoms with Gasteiger partial charge in [-0.25, -0.2) is 4.98 Å². The quantitative estimate of drug-likeness (QED) is 0.750. The van der Waals surface area contributed by atoms with Gasteiger partial charge >= 0.3 is 0 Å². The molecule has 0 amide bonds. The van der Waals surface area contributed by atoms with Crippen LogP contribution < -0.4 is 5.32 Å². The van der Waals surface area contributed by atoms with Crippen molar-refractivity contribution in [3.8, 4) is 0 Å². The Kier molecular flexibility index (Phi) is 2.76. The van der Waals surface area contributed by atoms with E-state index in [1.165, 1.54) is 15.0 Å². The number of nitrogens with zero attached hydrogens (tertiary/aromatic N) is 1. The third-order valence-electron chi connectivity index (χ3n) is 2.59. The Morgan fingerprint density at radius 1 is 1.06 bits per heavy atom. The van der Waals surface area contributed by atoms with Gasteiger partial charge in [0, 0.05) is 15.8 Å². The van der Waals surface area contributed by atoms with Gasteiger partial charge < -0.3 is 5.32 Å². The fraction of sp³-hybridized carbons (Fsp3) is 0.0714. The summed E-state index contributed by atoms with van der Waals surface area (Å²) in [6, 6.07) is 16.6. The molecule has 0 saturated carbocycles. The lowest BCUT2D eigenvalue weighted by molar-refractivity contribution is 1.14. The Balaban J connectivity index is 1.77. The molecule has 3 rings (SSSR count). The lowest BCUT2D eigenvalue weighted by Crippen LogP contribution is -1.98. The van der Waals surface area contributed by atoms with Crippen molar-refractivity contribution in [1.29, 1.82) is 0 Å². The summed E-state index contributed by atoms with van der Waals surface area (Å²) in [5.74, 6) is 0.921. The van der Waals surface area contributed by atoms with Gasteiger partial charge in [0.2, 0.25) is 0 Å². The molecule has 0 aliphatic carbocycles. The highest BCUT2D eigenvalue weighted by molar-refractivity contribution is 7.19. The van der Waals surface area contributed by atoms with Crippen LogP contribution in [0.25, 0.3) is 10.1 Å². The normalized spacial score (nSPS) is 10.6. The highest BCUT2D eigenvalue weighted by Crippen LogP contribution is 2.25. The number of fused-ring (bicyclic) bond motifs is 1. The van der Waals surface area contributed by atoms with Crippen molar-refractivity contribution in [3.63, 3.8) is 0 Å². The van der Waals surface area contributed by atoms with Gasteiger partial charge in [-0.3, -0.25) is 0 Å². The van der Waals surface area contributed by atoms with Crippen molar-refractivity contribution in [1.82, 2.24) is 4.98 Å². The Labute approximate surface area is 104 Å². The van der Waals surface area contributed by atoms with Crippen LogP contribution in [0.1, 0.15) is 4.88 Å². The van der Waals surface area contributed by atoms with Gasteiger partial charge in [0.15, 0.2) is 0 Å². The number of thiophene rings is 1. The third kappa shape index (κ3) is 2.29. The SMILES string of the molecule is c1ccc(NCc2cc3ccccc3s2)nc1. The maximum absolute atomic E-state index is 4.24. The fourth-order valence-corrected chi connectivity index (χ4v) is 2.77. The van der Waals surface area contributed by atoms with Crippen LogP contribution in [-0.2, 0) is 6.54 Å². The molecule has 0 atom stereocenters. The topological polar surface area (TPSA) is 24.9 Å². The summed E-state index contributed by atoms with van der Waals surface area (Å²) in [5.41, 5.74) is 0. The van der Waals surface area contributed by atoms with Gasteiger partial charge in [0.1, 0.15) is 5.82 Å². The van der Waals surface area contributed by atoms with Crippen LogP contribution in [0.15, 0.2) is 54.7 Å². The van der Waals surface area contributed by atoms with Crippen LogP contribution in [0.5, 0.6) is 0 Å². The molecule has 17 heavy (non-hydrogen) atoms. The average molecular weight is 240 g/mol. The van der Waals surface area contributed by atoms with Crippen molar-refractivity contribution in [3.05, 3.63) is 59.6 Å². The lowest BCUT2D eigenvalue weighted by Gasteiger charge is -2.01. The van der Waals surface area contributed by atoms with E-state index in [9.17, 15) is 0 Å². The summed E-state index contributed by atoms with van der Waals surface area (Å²) >= 11 is 1.83. The lowest BCUT2D eigenvalue weighted by atomic mass is 10.2. The first-order valence-corrected chi connectivity index (χ1v) is 6.36. The van der Waals surface area contributed by atoms with Gasteiger partial charge in [0.25, 0.3) is 0 Å². The third-order valence-corrected chi connectivity index (χ3v) is 3.70. The van der Waals surface area contributed by atoms with Crippen molar-refractivity contribution in [2.75, 3.05) is 5.32 Å². The van der Waals surface area contributed by atoms with Gasteiger partial charge in [-0.05, 0) is 29.7 Å². The molecule has 0 radical (unpaired) electrons. The maximum atomic E-state index is 4.24. The number of nitrogens with one attached hydrogen (secondary N) is 1. The Morgan fingerprint density at radius 3 is 2.76 bits per heavy atom. The van der Waals surface area contributed by atoms with Gasteiger partial charge in [-0.2, -0.15) is 0 Å². The molecule has 0 bridgehead atoms. The van der Waals surface area contributed by atoms with Crippen molar-refractivity contribution in [2.24, 2.45) is 0 Å². The van der Waals surface area contributed by atoms with Gasteiger partial charge in [0.05, 0.1) is 6.54 Å². The van der Waals surface area contributed by atoms with E-state index in [4.69, 9.17) is 0 Å². The number of hydrogen-bond donors (Lipinski definition) is 1. The molecule has 0 unspecified atom stereocenters. The van der Waals surface area contributed by atoms with E-state index in [-0.39, 0.29) is 0 Å². The number of pyridine rings is 1. The second-order valence-corrected chi connectivity index (χ2v) is 4.99. The smallest absolute Gasteiger partial charge is 0.126 e. The molecule has 0 aliphatic heterocycles. The molecular formula is C14H12N2S. The molecule has 0 saturated heterocycles. The largest absolute Gasteiger partial charge is 0.365 e. The second kappa shape index (κ2) is 4.55. The zero-order chi connectivity index (χ0) is 11.5. The predicted octanol–water partition coefficient (Wildman–Crippen LogP) is 3.91. The van der Waals surface area contributed by atoms with E-state index in [0.717, 1.165) is 12.4 Å². The number of hydrogen-bond acceptors (Lipinski definition) is 3. The minimum atomic E-state index is 0.830. The van der Waals surface area contributed by atoms with Crippen molar-refractivity contribution < 1.29 is 0 Å². The summed E-state index contributed by atoms with van der Waals surface area (Å²) in [6.45, 7) is 0.830. The summed E-state index contributed by atoms with van der Waals surface area (Å²) < 4.78 is 1.34. The van der Waals surface area contributed by atoms with Crippen LogP contribution in [0.4, 0.5) is 5.82 Å². The van der Waals surface area contributed by atoms with Gasteiger partial charge in [-0.1, -0.05) is 24.3 Å². The average Bonchev–Trinajstić information content (AvgIpc) is 2.80. The molecule has 0 spiro atoms. The Bertz CT molecular complexity index is 583. The zero-order valence-electron chi connectivity index (χ0n) is 9.26. The summed E-state index contributed by atoms with van der Waals surface area (Å²) in [5, 5.41) is 4.64. The molecule has 2 nitrogen and oxygen atoms in total. The van der Waals surface area contributed by atoms with Crippen molar-refractivity contribution in [2.45, 2.75) is 6.54 Å². The van der Waals surface area contributed by atoms with E-state index < -0.39 is 0 Å². The first-order chi connectivity index (χ1) is 8.42. The Hall–Kier alpha value is -1.87. The monoisotopic (exact) mass is 240 g/mol. The summed E-state index contributed by atoms with van der Waals surface area (Å²) in [4.78, 5) is 5.57. The number of aromatic nitrogens is 1. The number of rotatable bonds is 3. The summed E-state index contributed by atoms with van der Waals surface area (Å²) in [6.07, 6.45) is 1.80. The van der Waals surface area contributed by atoms with Crippen molar-refractivity contribution >= 4 is 27.2 Å². The van der Waals surface area contributed by atoms with E-state index in [1.807, 2.05) is 29.5 Å². The molecular weight excluding hydrogens is 228 g/mol. The minimum Gasteiger partial charge on any atom is -0.365 e. The second-order valence-electron chi connectivity index (χ2n) is 3.82. The molecule has 84 valence electrons. The molecule has 3 aromatic rings. The maximum Gasteiger partial charge on any atom is 0.126 e. The van der Waals surface area contributed by atoms with Crippen LogP contribution in [0.3, 0.4) is 0 Å². The molecule has 2 heterocycles. The first kappa shape index (κ1) is 10.3. The van der Waals surface area contributed by atoms with Crippen LogP contribution in [0, 0.1) is 0 Å². The summed E-state index contributed by atoms with van der Waals surface area (Å²) in [7, 11) is 0. The van der Waals surface area contributed by atoms with E-state index >= 15 is 0 Å². The molecule has 1 N–H and O–H groups in total. The van der Waals surface area contributed by atoms with E-state index in [2.05, 4.69) is 40.6 Å². The standard InChI is InChI=1S/C14H12N2S/c1-2-6-13-11(5-1)9-12(17-13)10-16-14-7-3-4-8-15-14/h1-9H,10H2,(H,15,16). The molecule has 1 aromatic carbocycles. The van der Waals surface area contributed by atoms with E-state index in [0.29, 0.717) is 0 Å². The highest BCUT2D eigenvalue weighted by atomic mass is 32.1.